The zero-order valence-electron chi connectivity index (χ0n) is 13.9. The zero-order chi connectivity index (χ0) is 14.9. The number of hydrogen-bond donors (Lipinski definition) is 1. The Morgan fingerprint density at radius 1 is 1.35 bits per heavy atom. The molecule has 2 aliphatic rings. The van der Waals surface area contributed by atoms with Crippen molar-refractivity contribution in [3.8, 4) is 0 Å². The molecule has 0 radical (unpaired) electrons. The molecule has 0 aliphatic carbocycles. The predicted molar refractivity (Wildman–Crippen MR) is 86.5 cm³/mol. The third kappa shape index (κ3) is 2.78. The molecule has 3 heteroatoms. The van der Waals surface area contributed by atoms with Crippen molar-refractivity contribution >= 4 is 0 Å². The summed E-state index contributed by atoms with van der Waals surface area (Å²) in [5.41, 5.74) is 5.88. The molecule has 0 saturated carbocycles. The van der Waals surface area contributed by atoms with Crippen molar-refractivity contribution in [2.45, 2.75) is 39.7 Å². The van der Waals surface area contributed by atoms with Crippen molar-refractivity contribution < 1.29 is 0 Å². The minimum Gasteiger partial charge on any atom is -0.388 e. The van der Waals surface area contributed by atoms with Crippen LogP contribution in [0.15, 0.2) is 34.7 Å². The van der Waals surface area contributed by atoms with Crippen LogP contribution in [0.4, 0.5) is 0 Å². The second-order valence-corrected chi connectivity index (χ2v) is 6.73. The lowest BCUT2D eigenvalue weighted by molar-refractivity contribution is 0.181. The number of nitrogens with zero attached hydrogens (tertiary/aromatic N) is 2. The van der Waals surface area contributed by atoms with Gasteiger partial charge in [-0.3, -0.25) is 4.90 Å². The maximum Gasteiger partial charge on any atom is 0.0434 e. The van der Waals surface area contributed by atoms with E-state index >= 15 is 0 Å². The summed E-state index contributed by atoms with van der Waals surface area (Å²) in [4.78, 5) is 4.87. The quantitative estimate of drug-likeness (QED) is 0.836. The van der Waals surface area contributed by atoms with Gasteiger partial charge in [-0.1, -0.05) is 12.2 Å². The molecule has 2 rings (SSSR count). The fourth-order valence-corrected chi connectivity index (χ4v) is 3.16. The summed E-state index contributed by atoms with van der Waals surface area (Å²) >= 11 is 0. The maximum absolute atomic E-state index is 3.46. The van der Waals surface area contributed by atoms with Gasteiger partial charge in [-0.2, -0.15) is 0 Å². The van der Waals surface area contributed by atoms with E-state index in [1.54, 1.807) is 0 Å². The highest BCUT2D eigenvalue weighted by Crippen LogP contribution is 2.32. The van der Waals surface area contributed by atoms with E-state index in [0.29, 0.717) is 0 Å². The monoisotopic (exact) mass is 275 g/mol. The molecular formula is C17H29N3. The lowest BCUT2D eigenvalue weighted by atomic mass is 10.0. The highest BCUT2D eigenvalue weighted by atomic mass is 15.2. The number of likely N-dealkylation sites (tertiary alicyclic amines) is 1. The Kier molecular flexibility index (Phi) is 4.28. The highest BCUT2D eigenvalue weighted by Gasteiger charge is 2.29. The molecule has 0 aromatic heterocycles. The molecule has 3 nitrogen and oxygen atoms in total. The van der Waals surface area contributed by atoms with Gasteiger partial charge in [0.05, 0.1) is 0 Å². The van der Waals surface area contributed by atoms with Gasteiger partial charge in [0.2, 0.25) is 0 Å². The van der Waals surface area contributed by atoms with Gasteiger partial charge < -0.3 is 10.2 Å². The van der Waals surface area contributed by atoms with Crippen molar-refractivity contribution in [3.05, 3.63) is 34.7 Å². The van der Waals surface area contributed by atoms with Crippen LogP contribution in [0.2, 0.25) is 0 Å². The molecule has 0 aromatic rings. The molecule has 0 aromatic carbocycles. The first-order valence-corrected chi connectivity index (χ1v) is 7.61. The molecule has 0 spiro atoms. The van der Waals surface area contributed by atoms with E-state index in [4.69, 9.17) is 0 Å². The Labute approximate surface area is 124 Å². The molecule has 1 fully saturated rings. The van der Waals surface area contributed by atoms with Gasteiger partial charge in [0.1, 0.15) is 0 Å². The Morgan fingerprint density at radius 2 is 2.05 bits per heavy atom. The Morgan fingerprint density at radius 3 is 2.55 bits per heavy atom. The van der Waals surface area contributed by atoms with Crippen molar-refractivity contribution in [2.75, 3.05) is 33.7 Å². The molecule has 1 saturated heterocycles. The van der Waals surface area contributed by atoms with E-state index in [-0.39, 0.29) is 5.54 Å². The Hall–Kier alpha value is -1.22. The SMILES string of the molecule is C/C=C1\C(=C(/NC)C2=CCN(C(C)(C)C)C2)CCN1C. The smallest absolute Gasteiger partial charge is 0.0434 e. The van der Waals surface area contributed by atoms with E-state index in [0.717, 1.165) is 26.1 Å². The first kappa shape index (κ1) is 15.2. The highest BCUT2D eigenvalue weighted by molar-refractivity contribution is 5.47. The lowest BCUT2D eigenvalue weighted by Crippen LogP contribution is -2.40. The Balaban J connectivity index is 2.27. The first-order valence-electron chi connectivity index (χ1n) is 7.61. The third-order valence-electron chi connectivity index (χ3n) is 4.43. The fourth-order valence-electron chi connectivity index (χ4n) is 3.16. The summed E-state index contributed by atoms with van der Waals surface area (Å²) < 4.78 is 0. The molecule has 0 atom stereocenters. The van der Waals surface area contributed by atoms with Crippen LogP contribution in [0.25, 0.3) is 0 Å². The van der Waals surface area contributed by atoms with E-state index in [2.05, 4.69) is 69.1 Å². The van der Waals surface area contributed by atoms with Gasteiger partial charge in [0, 0.05) is 56.2 Å². The molecule has 2 heterocycles. The number of likely N-dealkylation sites (N-methyl/N-ethyl adjacent to an activating group) is 2. The van der Waals surface area contributed by atoms with Crippen LogP contribution in [0.3, 0.4) is 0 Å². The van der Waals surface area contributed by atoms with E-state index in [9.17, 15) is 0 Å². The van der Waals surface area contributed by atoms with Gasteiger partial charge in [-0.05, 0) is 39.7 Å². The molecular weight excluding hydrogens is 246 g/mol. The topological polar surface area (TPSA) is 18.5 Å². The minimum atomic E-state index is 0.234. The molecule has 0 bridgehead atoms. The van der Waals surface area contributed by atoms with Gasteiger partial charge in [-0.25, -0.2) is 0 Å². The fraction of sp³-hybridized carbons (Fsp3) is 0.647. The largest absolute Gasteiger partial charge is 0.388 e. The van der Waals surface area contributed by atoms with Crippen LogP contribution >= 0.6 is 0 Å². The zero-order valence-corrected chi connectivity index (χ0v) is 13.9. The van der Waals surface area contributed by atoms with Gasteiger partial charge in [0.25, 0.3) is 0 Å². The van der Waals surface area contributed by atoms with E-state index in [1.165, 1.54) is 22.5 Å². The maximum atomic E-state index is 3.46. The van der Waals surface area contributed by atoms with Gasteiger partial charge >= 0.3 is 0 Å². The predicted octanol–water partition coefficient (Wildman–Crippen LogP) is 2.74. The summed E-state index contributed by atoms with van der Waals surface area (Å²) in [6.07, 6.45) is 5.76. The summed E-state index contributed by atoms with van der Waals surface area (Å²) in [6.45, 7) is 12.2. The van der Waals surface area contributed by atoms with Crippen LogP contribution in [0.1, 0.15) is 34.1 Å². The molecule has 0 amide bonds. The average Bonchev–Trinajstić information content (AvgIpc) is 2.98. The normalized spacial score (nSPS) is 25.4. The summed E-state index contributed by atoms with van der Waals surface area (Å²) in [7, 11) is 4.23. The number of allylic oxidation sites excluding steroid dienone is 2. The summed E-state index contributed by atoms with van der Waals surface area (Å²) in [5, 5.41) is 3.46. The van der Waals surface area contributed by atoms with Gasteiger partial charge in [-0.15, -0.1) is 0 Å². The molecule has 1 N–H and O–H groups in total. The van der Waals surface area contributed by atoms with Crippen molar-refractivity contribution in [1.82, 2.24) is 15.1 Å². The Bertz CT molecular complexity index is 463. The molecule has 2 aliphatic heterocycles. The van der Waals surface area contributed by atoms with Gasteiger partial charge in [0.15, 0.2) is 0 Å². The number of nitrogens with one attached hydrogen (secondary N) is 1. The lowest BCUT2D eigenvalue weighted by Gasteiger charge is -2.32. The van der Waals surface area contributed by atoms with E-state index < -0.39 is 0 Å². The molecule has 0 unspecified atom stereocenters. The minimum absolute atomic E-state index is 0.234. The van der Waals surface area contributed by atoms with Crippen LogP contribution in [-0.4, -0.2) is 49.1 Å². The van der Waals surface area contributed by atoms with Crippen LogP contribution in [-0.2, 0) is 0 Å². The molecule has 20 heavy (non-hydrogen) atoms. The second kappa shape index (κ2) is 5.65. The van der Waals surface area contributed by atoms with Crippen LogP contribution < -0.4 is 5.32 Å². The molecule has 112 valence electrons. The summed E-state index contributed by atoms with van der Waals surface area (Å²) in [6, 6.07) is 0. The number of rotatable bonds is 2. The van der Waals surface area contributed by atoms with E-state index in [1.807, 2.05) is 0 Å². The van der Waals surface area contributed by atoms with Crippen molar-refractivity contribution in [2.24, 2.45) is 0 Å². The van der Waals surface area contributed by atoms with Crippen LogP contribution in [0.5, 0.6) is 0 Å². The average molecular weight is 275 g/mol. The standard InChI is InChI=1S/C17H29N3/c1-7-15-14(9-10-19(15)6)16(18-5)13-8-11-20(12-13)17(2,3)4/h7-8,18H,9-12H2,1-6H3/b15-7+,16-14-. The third-order valence-corrected chi connectivity index (χ3v) is 4.43. The second-order valence-electron chi connectivity index (χ2n) is 6.73. The first-order chi connectivity index (χ1) is 9.38. The number of hydrogen-bond acceptors (Lipinski definition) is 3. The van der Waals surface area contributed by atoms with Crippen LogP contribution in [0, 0.1) is 0 Å². The summed E-state index contributed by atoms with van der Waals surface area (Å²) in [5.74, 6) is 0. The van der Waals surface area contributed by atoms with Crippen molar-refractivity contribution in [3.63, 3.8) is 0 Å². The van der Waals surface area contributed by atoms with Crippen molar-refractivity contribution in [1.29, 1.82) is 0 Å².